The number of piperidine rings is 3. The van der Waals surface area contributed by atoms with Gasteiger partial charge in [0.15, 0.2) is 0 Å². The van der Waals surface area contributed by atoms with Gasteiger partial charge in [0.1, 0.15) is 5.82 Å². The topological polar surface area (TPSA) is 45.2 Å². The summed E-state index contributed by atoms with van der Waals surface area (Å²) in [5, 5.41) is 3.14. The molecule has 130 valence electrons. The summed E-state index contributed by atoms with van der Waals surface area (Å²) in [7, 11) is 0. The first-order valence-corrected chi connectivity index (χ1v) is 8.91. The van der Waals surface area contributed by atoms with E-state index in [9.17, 15) is 9.18 Å². The minimum atomic E-state index is -0.468. The highest BCUT2D eigenvalue weighted by Crippen LogP contribution is 2.34. The maximum atomic E-state index is 13.9. The minimum Gasteiger partial charge on any atom is -0.347 e. The highest BCUT2D eigenvalue weighted by molar-refractivity contribution is 5.94. The molecule has 1 aromatic heterocycles. The fourth-order valence-electron chi connectivity index (χ4n) is 4.26. The van der Waals surface area contributed by atoms with Gasteiger partial charge >= 0.3 is 0 Å². The van der Waals surface area contributed by atoms with Crippen LogP contribution < -0.4 is 5.32 Å². The molecule has 1 aromatic carbocycles. The van der Waals surface area contributed by atoms with E-state index in [2.05, 4.69) is 21.3 Å². The lowest BCUT2D eigenvalue weighted by Crippen LogP contribution is -2.64. The van der Waals surface area contributed by atoms with Crippen molar-refractivity contribution < 1.29 is 9.18 Å². The molecule has 2 aromatic rings. The third-order valence-corrected chi connectivity index (χ3v) is 5.55. The summed E-state index contributed by atoms with van der Waals surface area (Å²) < 4.78 is 13.9. The van der Waals surface area contributed by atoms with Crippen molar-refractivity contribution in [2.24, 2.45) is 5.92 Å². The summed E-state index contributed by atoms with van der Waals surface area (Å²) in [6, 6.07) is 10.5. The standard InChI is InChI=1S/C20H22FN3O/c21-17-6-2-1-5-16(17)20(25)23-19-15-7-10-24(11-8-15)18(19)12-14-4-3-9-22-13-14/h1-6,9,13,15,18-19H,7-8,10-12H2,(H,23,25). The highest BCUT2D eigenvalue weighted by atomic mass is 19.1. The van der Waals surface area contributed by atoms with Gasteiger partial charge in [-0.2, -0.15) is 0 Å². The molecule has 3 fully saturated rings. The quantitative estimate of drug-likeness (QED) is 0.931. The van der Waals surface area contributed by atoms with Crippen LogP contribution in [0.5, 0.6) is 0 Å². The van der Waals surface area contributed by atoms with Gasteiger partial charge in [-0.25, -0.2) is 4.39 Å². The summed E-state index contributed by atoms with van der Waals surface area (Å²) in [6.45, 7) is 2.14. The van der Waals surface area contributed by atoms with Crippen molar-refractivity contribution in [2.75, 3.05) is 13.1 Å². The normalized spacial score (nSPS) is 27.9. The average molecular weight is 339 g/mol. The molecule has 0 radical (unpaired) electrons. The van der Waals surface area contributed by atoms with Gasteiger partial charge < -0.3 is 5.32 Å². The molecular formula is C20H22FN3O. The number of carbonyl (C=O) groups is 1. The maximum Gasteiger partial charge on any atom is 0.254 e. The number of pyridine rings is 1. The van der Waals surface area contributed by atoms with Crippen LogP contribution >= 0.6 is 0 Å². The molecule has 2 unspecified atom stereocenters. The predicted molar refractivity (Wildman–Crippen MR) is 93.7 cm³/mol. The monoisotopic (exact) mass is 339 g/mol. The molecule has 2 bridgehead atoms. The van der Waals surface area contributed by atoms with Crippen LogP contribution in [0.25, 0.3) is 0 Å². The van der Waals surface area contributed by atoms with Gasteiger partial charge in [0.25, 0.3) is 5.91 Å². The predicted octanol–water partition coefficient (Wildman–Crippen LogP) is 2.66. The van der Waals surface area contributed by atoms with E-state index >= 15 is 0 Å². The zero-order valence-corrected chi connectivity index (χ0v) is 14.1. The highest BCUT2D eigenvalue weighted by Gasteiger charge is 2.42. The molecule has 3 aliphatic heterocycles. The Morgan fingerprint density at radius 1 is 1.20 bits per heavy atom. The number of benzene rings is 1. The summed E-state index contributed by atoms with van der Waals surface area (Å²) >= 11 is 0. The van der Waals surface area contributed by atoms with E-state index in [1.807, 2.05) is 12.3 Å². The number of fused-ring (bicyclic) bond motifs is 3. The largest absolute Gasteiger partial charge is 0.347 e. The number of amides is 1. The van der Waals surface area contributed by atoms with E-state index in [-0.39, 0.29) is 23.6 Å². The van der Waals surface area contributed by atoms with Crippen LogP contribution in [0.2, 0.25) is 0 Å². The van der Waals surface area contributed by atoms with E-state index in [1.54, 1.807) is 24.4 Å². The molecule has 0 aliphatic carbocycles. The second kappa shape index (κ2) is 6.92. The number of hydrogen-bond donors (Lipinski definition) is 1. The summed E-state index contributed by atoms with van der Waals surface area (Å²) in [4.78, 5) is 19.3. The number of nitrogens with one attached hydrogen (secondary N) is 1. The van der Waals surface area contributed by atoms with E-state index in [1.165, 1.54) is 11.6 Å². The third kappa shape index (κ3) is 3.29. The van der Waals surface area contributed by atoms with Gasteiger partial charge in [-0.3, -0.25) is 14.7 Å². The van der Waals surface area contributed by atoms with Crippen molar-refractivity contribution in [3.05, 3.63) is 65.7 Å². The lowest BCUT2D eigenvalue weighted by atomic mass is 9.76. The zero-order chi connectivity index (χ0) is 17.2. The van der Waals surface area contributed by atoms with Gasteiger partial charge in [-0.1, -0.05) is 18.2 Å². The van der Waals surface area contributed by atoms with Crippen LogP contribution in [-0.4, -0.2) is 41.0 Å². The van der Waals surface area contributed by atoms with E-state index < -0.39 is 5.82 Å². The first-order valence-electron chi connectivity index (χ1n) is 8.91. The lowest BCUT2D eigenvalue weighted by Gasteiger charge is -2.51. The molecule has 5 heteroatoms. The second-order valence-corrected chi connectivity index (χ2v) is 6.99. The Balaban J connectivity index is 1.55. The van der Waals surface area contributed by atoms with Crippen molar-refractivity contribution in [3.8, 4) is 0 Å². The van der Waals surface area contributed by atoms with Crippen LogP contribution in [0.3, 0.4) is 0 Å². The Morgan fingerprint density at radius 3 is 2.72 bits per heavy atom. The van der Waals surface area contributed by atoms with Crippen LogP contribution in [0.4, 0.5) is 4.39 Å². The first-order chi connectivity index (χ1) is 12.2. The molecule has 3 aliphatic rings. The Bertz CT molecular complexity index is 744. The molecule has 3 saturated heterocycles. The summed E-state index contributed by atoms with van der Waals surface area (Å²) in [6.07, 6.45) is 6.69. The first kappa shape index (κ1) is 16.2. The molecule has 1 N–H and O–H groups in total. The maximum absolute atomic E-state index is 13.9. The summed E-state index contributed by atoms with van der Waals surface area (Å²) in [5.41, 5.74) is 1.30. The van der Waals surface area contributed by atoms with E-state index in [4.69, 9.17) is 0 Å². The van der Waals surface area contributed by atoms with Gasteiger partial charge in [0.2, 0.25) is 0 Å². The molecule has 0 saturated carbocycles. The second-order valence-electron chi connectivity index (χ2n) is 6.99. The Morgan fingerprint density at radius 2 is 2.00 bits per heavy atom. The van der Waals surface area contributed by atoms with Crippen LogP contribution in [0.1, 0.15) is 28.8 Å². The molecule has 5 rings (SSSR count). The van der Waals surface area contributed by atoms with Crippen LogP contribution in [-0.2, 0) is 6.42 Å². The molecule has 2 atom stereocenters. The van der Waals surface area contributed by atoms with Crippen molar-refractivity contribution in [2.45, 2.75) is 31.3 Å². The zero-order valence-electron chi connectivity index (χ0n) is 14.1. The minimum absolute atomic E-state index is 0.0508. The number of carbonyl (C=O) groups excluding carboxylic acids is 1. The molecule has 4 heterocycles. The smallest absolute Gasteiger partial charge is 0.254 e. The van der Waals surface area contributed by atoms with Crippen molar-refractivity contribution in [1.82, 2.24) is 15.2 Å². The SMILES string of the molecule is O=C(NC1C2CCN(CC2)C1Cc1cccnc1)c1ccccc1F. The number of halogens is 1. The molecule has 1 amide bonds. The fourth-order valence-corrected chi connectivity index (χ4v) is 4.26. The molecule has 25 heavy (non-hydrogen) atoms. The van der Waals surface area contributed by atoms with Gasteiger partial charge in [0, 0.05) is 24.5 Å². The number of rotatable bonds is 4. The number of nitrogens with zero attached hydrogens (tertiary/aromatic N) is 2. The fraction of sp³-hybridized carbons (Fsp3) is 0.400. The van der Waals surface area contributed by atoms with Crippen LogP contribution in [0, 0.1) is 11.7 Å². The molecule has 4 nitrogen and oxygen atoms in total. The molecular weight excluding hydrogens is 317 g/mol. The Labute approximate surface area is 147 Å². The average Bonchev–Trinajstić information content (AvgIpc) is 2.65. The van der Waals surface area contributed by atoms with Crippen LogP contribution in [0.15, 0.2) is 48.8 Å². The lowest BCUT2D eigenvalue weighted by molar-refractivity contribution is 0.0135. The third-order valence-electron chi connectivity index (χ3n) is 5.55. The molecule has 0 spiro atoms. The van der Waals surface area contributed by atoms with Gasteiger partial charge in [-0.15, -0.1) is 0 Å². The number of hydrogen-bond acceptors (Lipinski definition) is 3. The van der Waals surface area contributed by atoms with Crippen molar-refractivity contribution >= 4 is 5.91 Å². The van der Waals surface area contributed by atoms with Crippen molar-refractivity contribution in [1.29, 1.82) is 0 Å². The summed E-state index contributed by atoms with van der Waals surface area (Å²) in [5.74, 6) is -0.319. The van der Waals surface area contributed by atoms with E-state index in [0.717, 1.165) is 32.4 Å². The number of aromatic nitrogens is 1. The Kier molecular flexibility index (Phi) is 4.49. The van der Waals surface area contributed by atoms with Gasteiger partial charge in [0.05, 0.1) is 5.56 Å². The van der Waals surface area contributed by atoms with E-state index in [0.29, 0.717) is 5.92 Å². The van der Waals surface area contributed by atoms with Crippen molar-refractivity contribution in [3.63, 3.8) is 0 Å². The van der Waals surface area contributed by atoms with Gasteiger partial charge in [-0.05, 0) is 62.0 Å². The Hall–Kier alpha value is -2.27.